The molecule has 0 aliphatic carbocycles. The second kappa shape index (κ2) is 11.9. The van der Waals surface area contributed by atoms with Gasteiger partial charge in [-0.05, 0) is 54.8 Å². The van der Waals surface area contributed by atoms with Crippen LogP contribution in [0.15, 0.2) is 66.7 Å². The van der Waals surface area contributed by atoms with Gasteiger partial charge < -0.3 is 20.4 Å². The number of nitrogens with one attached hydrogen (secondary N) is 2. The molecule has 0 atom stereocenters. The van der Waals surface area contributed by atoms with Crippen molar-refractivity contribution >= 4 is 46.3 Å². The number of aryl methyl sites for hydroxylation is 1. The molecule has 3 heterocycles. The fourth-order valence-electron chi connectivity index (χ4n) is 4.79. The number of anilines is 3. The molecule has 2 N–H and O–H groups in total. The zero-order valence-electron chi connectivity index (χ0n) is 23.0. The van der Waals surface area contributed by atoms with Crippen LogP contribution in [0, 0.1) is 12.7 Å². The van der Waals surface area contributed by atoms with Crippen LogP contribution >= 0.6 is 11.3 Å². The lowest BCUT2D eigenvalue weighted by atomic mass is 10.1. The summed E-state index contributed by atoms with van der Waals surface area (Å²) in [6.45, 7) is 4.63. The van der Waals surface area contributed by atoms with Crippen molar-refractivity contribution in [2.45, 2.75) is 20.3 Å². The number of hydrogen-bond acceptors (Lipinski definition) is 6. The van der Waals surface area contributed by atoms with E-state index in [0.29, 0.717) is 48.0 Å². The molecule has 1 aliphatic rings. The van der Waals surface area contributed by atoms with E-state index >= 15 is 0 Å². The van der Waals surface area contributed by atoms with Crippen molar-refractivity contribution in [2.24, 2.45) is 0 Å². The lowest BCUT2D eigenvalue weighted by Gasteiger charge is -2.24. The van der Waals surface area contributed by atoms with Gasteiger partial charge in [0, 0.05) is 44.0 Å². The van der Waals surface area contributed by atoms with Gasteiger partial charge in [-0.1, -0.05) is 36.4 Å². The summed E-state index contributed by atoms with van der Waals surface area (Å²) in [5, 5.41) is 5.49. The molecular weight excluding hydrogens is 541 g/mol. The number of benzene rings is 2. The monoisotopic (exact) mass is 571 g/mol. The maximum atomic E-state index is 14.3. The smallest absolute Gasteiger partial charge is 0.276 e. The van der Waals surface area contributed by atoms with Crippen molar-refractivity contribution in [3.8, 4) is 10.4 Å². The average Bonchev–Trinajstić information content (AvgIpc) is 3.33. The molecular formula is C31H30FN5O3S. The maximum absolute atomic E-state index is 14.3. The minimum atomic E-state index is -0.479. The van der Waals surface area contributed by atoms with Gasteiger partial charge in [0.1, 0.15) is 17.3 Å². The molecule has 5 rings (SSSR count). The molecule has 0 unspecified atom stereocenters. The van der Waals surface area contributed by atoms with Gasteiger partial charge in [0.25, 0.3) is 11.8 Å². The Bertz CT molecular complexity index is 1620. The zero-order valence-corrected chi connectivity index (χ0v) is 23.8. The summed E-state index contributed by atoms with van der Waals surface area (Å²) >= 11 is 1.33. The molecule has 1 aliphatic heterocycles. The van der Waals surface area contributed by atoms with Crippen LogP contribution in [0.2, 0.25) is 0 Å². The van der Waals surface area contributed by atoms with Crippen LogP contribution in [0.5, 0.6) is 0 Å². The number of thiophene rings is 1. The van der Waals surface area contributed by atoms with Crippen LogP contribution in [0.4, 0.5) is 21.6 Å². The SMILES string of the molecule is CC(=O)NCCN(C)c1cccc(C(=O)N2CCc3cc(C(=O)Nc4c(C)cccc4F)sc3-c3ccccc32)n1. The Morgan fingerprint density at radius 1 is 1.07 bits per heavy atom. The first-order valence-corrected chi connectivity index (χ1v) is 14.1. The third-order valence-electron chi connectivity index (χ3n) is 6.95. The summed E-state index contributed by atoms with van der Waals surface area (Å²) < 4.78 is 14.3. The van der Waals surface area contributed by atoms with Gasteiger partial charge in [-0.2, -0.15) is 0 Å². The Labute approximate surface area is 241 Å². The third-order valence-corrected chi connectivity index (χ3v) is 8.16. The molecule has 3 amide bonds. The van der Waals surface area contributed by atoms with Crippen molar-refractivity contribution in [1.29, 1.82) is 0 Å². The van der Waals surface area contributed by atoms with Gasteiger partial charge in [-0.3, -0.25) is 14.4 Å². The van der Waals surface area contributed by atoms with Crippen LogP contribution in [-0.2, 0) is 11.2 Å². The molecule has 0 spiro atoms. The fourth-order valence-corrected chi connectivity index (χ4v) is 5.93. The topological polar surface area (TPSA) is 94.6 Å². The van der Waals surface area contributed by atoms with Crippen LogP contribution in [0.25, 0.3) is 10.4 Å². The number of hydrogen-bond donors (Lipinski definition) is 2. The first kappa shape index (κ1) is 28.0. The number of likely N-dealkylation sites (N-methyl/N-ethyl adjacent to an activating group) is 1. The molecule has 8 nitrogen and oxygen atoms in total. The highest BCUT2D eigenvalue weighted by Gasteiger charge is 2.28. The quantitative estimate of drug-likeness (QED) is 0.315. The van der Waals surface area contributed by atoms with Gasteiger partial charge in [0.2, 0.25) is 5.91 Å². The number of fused-ring (bicyclic) bond motifs is 3. The Balaban J connectivity index is 1.40. The molecule has 4 aromatic rings. The Hall–Kier alpha value is -4.57. The van der Waals surface area contributed by atoms with Crippen molar-refractivity contribution in [3.05, 3.63) is 94.2 Å². The van der Waals surface area contributed by atoms with E-state index in [4.69, 9.17) is 0 Å². The number of carbonyl (C=O) groups excluding carboxylic acids is 3. The van der Waals surface area contributed by atoms with E-state index in [1.54, 1.807) is 36.1 Å². The molecule has 0 saturated carbocycles. The van der Waals surface area contributed by atoms with Crippen LogP contribution in [-0.4, -0.2) is 49.4 Å². The van der Waals surface area contributed by atoms with E-state index in [2.05, 4.69) is 15.6 Å². The number of amides is 3. The number of halogens is 1. The molecule has 2 aromatic heterocycles. The van der Waals surface area contributed by atoms with E-state index in [-0.39, 0.29) is 23.4 Å². The predicted octanol–water partition coefficient (Wildman–Crippen LogP) is 5.29. The highest BCUT2D eigenvalue weighted by molar-refractivity contribution is 7.17. The Morgan fingerprint density at radius 3 is 2.63 bits per heavy atom. The van der Waals surface area contributed by atoms with Crippen LogP contribution in [0.3, 0.4) is 0 Å². The van der Waals surface area contributed by atoms with Gasteiger partial charge >= 0.3 is 0 Å². The Morgan fingerprint density at radius 2 is 1.85 bits per heavy atom. The summed E-state index contributed by atoms with van der Waals surface area (Å²) in [7, 11) is 1.86. The summed E-state index contributed by atoms with van der Waals surface area (Å²) in [4.78, 5) is 47.7. The van der Waals surface area contributed by atoms with Gasteiger partial charge in [-0.15, -0.1) is 11.3 Å². The van der Waals surface area contributed by atoms with Crippen LogP contribution < -0.4 is 20.4 Å². The van der Waals surface area contributed by atoms with E-state index in [0.717, 1.165) is 21.7 Å². The van der Waals surface area contributed by atoms with Gasteiger partial charge in [0.05, 0.1) is 16.3 Å². The standard InChI is InChI=1S/C31H30FN5O3S/c1-19-8-6-10-23(32)28(19)35-30(39)26-18-21-14-16-37(25-12-5-4-9-22(25)29(21)41-26)31(40)24-11-7-13-27(34-24)36(3)17-15-33-20(2)38/h4-13,18H,14-17H2,1-3H3,(H,33,38)(H,35,39). The maximum Gasteiger partial charge on any atom is 0.276 e. The number of para-hydroxylation sites is 2. The number of rotatable bonds is 7. The first-order chi connectivity index (χ1) is 19.7. The average molecular weight is 572 g/mol. The minimum Gasteiger partial charge on any atom is -0.358 e. The van der Waals surface area contributed by atoms with Crippen molar-refractivity contribution in [1.82, 2.24) is 10.3 Å². The first-order valence-electron chi connectivity index (χ1n) is 13.3. The largest absolute Gasteiger partial charge is 0.358 e. The molecule has 0 radical (unpaired) electrons. The van der Waals surface area contributed by atoms with E-state index in [1.807, 2.05) is 48.3 Å². The second-order valence-electron chi connectivity index (χ2n) is 9.86. The number of pyridine rings is 1. The highest BCUT2D eigenvalue weighted by atomic mass is 32.1. The molecule has 2 aromatic carbocycles. The highest BCUT2D eigenvalue weighted by Crippen LogP contribution is 2.42. The summed E-state index contributed by atoms with van der Waals surface area (Å²) in [6, 6.07) is 19.5. The zero-order chi connectivity index (χ0) is 29.1. The summed E-state index contributed by atoms with van der Waals surface area (Å²) in [6.07, 6.45) is 0.536. The Kier molecular flexibility index (Phi) is 8.11. The number of carbonyl (C=O) groups is 3. The molecule has 0 saturated heterocycles. The normalized spacial score (nSPS) is 12.1. The molecule has 10 heteroatoms. The molecule has 41 heavy (non-hydrogen) atoms. The van der Waals surface area contributed by atoms with Crippen molar-refractivity contribution in [2.75, 3.05) is 41.8 Å². The third kappa shape index (κ3) is 5.97. The van der Waals surface area contributed by atoms with Gasteiger partial charge in [0.15, 0.2) is 0 Å². The van der Waals surface area contributed by atoms with E-state index < -0.39 is 5.82 Å². The minimum absolute atomic E-state index is 0.100. The van der Waals surface area contributed by atoms with E-state index in [1.165, 1.54) is 24.3 Å². The van der Waals surface area contributed by atoms with Crippen molar-refractivity contribution < 1.29 is 18.8 Å². The van der Waals surface area contributed by atoms with Gasteiger partial charge in [-0.25, -0.2) is 9.37 Å². The summed E-state index contributed by atoms with van der Waals surface area (Å²) in [5.41, 5.74) is 3.67. The lowest BCUT2D eigenvalue weighted by Crippen LogP contribution is -2.34. The summed E-state index contributed by atoms with van der Waals surface area (Å²) in [5.74, 6) is -0.545. The molecule has 210 valence electrons. The van der Waals surface area contributed by atoms with Crippen LogP contribution in [0.1, 0.15) is 38.2 Å². The number of aromatic nitrogens is 1. The molecule has 0 bridgehead atoms. The predicted molar refractivity (Wildman–Crippen MR) is 160 cm³/mol. The molecule has 0 fully saturated rings. The van der Waals surface area contributed by atoms with Crippen molar-refractivity contribution in [3.63, 3.8) is 0 Å². The lowest BCUT2D eigenvalue weighted by molar-refractivity contribution is -0.118. The fraction of sp³-hybridized carbons (Fsp3) is 0.226. The van der Waals surface area contributed by atoms with E-state index in [9.17, 15) is 18.8 Å². The second-order valence-corrected chi connectivity index (χ2v) is 10.9. The number of nitrogens with zero attached hydrogens (tertiary/aromatic N) is 3.